The second-order valence-corrected chi connectivity index (χ2v) is 4.49. The van der Waals surface area contributed by atoms with Crippen molar-refractivity contribution in [2.24, 2.45) is 0 Å². The van der Waals surface area contributed by atoms with Gasteiger partial charge in [-0.2, -0.15) is 13.2 Å². The summed E-state index contributed by atoms with van der Waals surface area (Å²) < 4.78 is 38.2. The van der Waals surface area contributed by atoms with E-state index in [0.29, 0.717) is 12.1 Å². The van der Waals surface area contributed by atoms with Crippen LogP contribution in [-0.4, -0.2) is 12.2 Å². The SMILES string of the molecule is FC(F)(F)[C@@H]1CCc2cc(Br)ccc2N1. The summed E-state index contributed by atoms with van der Waals surface area (Å²) in [5.74, 6) is 0. The first-order valence-corrected chi connectivity index (χ1v) is 5.38. The summed E-state index contributed by atoms with van der Waals surface area (Å²) >= 11 is 3.29. The van der Waals surface area contributed by atoms with E-state index in [0.717, 1.165) is 10.0 Å². The van der Waals surface area contributed by atoms with Crippen molar-refractivity contribution in [3.05, 3.63) is 28.2 Å². The average Bonchev–Trinajstić information content (AvgIpc) is 2.15. The summed E-state index contributed by atoms with van der Waals surface area (Å²) in [7, 11) is 0. The molecule has 0 saturated carbocycles. The lowest BCUT2D eigenvalue weighted by atomic mass is 9.98. The van der Waals surface area contributed by atoms with Crippen LogP contribution in [0.5, 0.6) is 0 Å². The number of benzene rings is 1. The normalized spacial score (nSPS) is 20.7. The van der Waals surface area contributed by atoms with Crippen molar-refractivity contribution in [2.75, 3.05) is 5.32 Å². The van der Waals surface area contributed by atoms with Crippen molar-refractivity contribution >= 4 is 21.6 Å². The van der Waals surface area contributed by atoms with Gasteiger partial charge in [0.05, 0.1) is 0 Å². The number of anilines is 1. The van der Waals surface area contributed by atoms with Crippen LogP contribution in [0.1, 0.15) is 12.0 Å². The molecule has 1 aliphatic heterocycles. The monoisotopic (exact) mass is 279 g/mol. The largest absolute Gasteiger partial charge is 0.408 e. The number of alkyl halides is 3. The Morgan fingerprint density at radius 3 is 2.73 bits per heavy atom. The van der Waals surface area contributed by atoms with Crippen LogP contribution >= 0.6 is 15.9 Å². The molecule has 15 heavy (non-hydrogen) atoms. The predicted molar refractivity (Wildman–Crippen MR) is 55.9 cm³/mol. The van der Waals surface area contributed by atoms with Crippen molar-refractivity contribution in [2.45, 2.75) is 25.1 Å². The zero-order chi connectivity index (χ0) is 11.1. The molecule has 1 aromatic carbocycles. The number of aryl methyl sites for hydroxylation is 1. The summed E-state index contributed by atoms with van der Waals surface area (Å²) in [5, 5.41) is 2.52. The van der Waals surface area contributed by atoms with E-state index in [-0.39, 0.29) is 6.42 Å². The van der Waals surface area contributed by atoms with E-state index in [1.54, 1.807) is 12.1 Å². The van der Waals surface area contributed by atoms with Gasteiger partial charge >= 0.3 is 6.18 Å². The van der Waals surface area contributed by atoms with Crippen LogP contribution in [0.2, 0.25) is 0 Å². The first kappa shape index (κ1) is 10.8. The molecule has 1 N–H and O–H groups in total. The maximum absolute atomic E-state index is 12.4. The van der Waals surface area contributed by atoms with Crippen molar-refractivity contribution in [1.29, 1.82) is 0 Å². The number of hydrogen-bond acceptors (Lipinski definition) is 1. The number of fused-ring (bicyclic) bond motifs is 1. The molecule has 0 bridgehead atoms. The Morgan fingerprint density at radius 2 is 2.07 bits per heavy atom. The molecule has 1 atom stereocenters. The van der Waals surface area contributed by atoms with Gasteiger partial charge in [0.1, 0.15) is 6.04 Å². The van der Waals surface area contributed by atoms with E-state index in [4.69, 9.17) is 0 Å². The van der Waals surface area contributed by atoms with Crippen LogP contribution in [-0.2, 0) is 6.42 Å². The molecule has 0 spiro atoms. The third kappa shape index (κ3) is 2.27. The van der Waals surface area contributed by atoms with Gasteiger partial charge in [-0.3, -0.25) is 0 Å². The summed E-state index contributed by atoms with van der Waals surface area (Å²) in [6.45, 7) is 0. The Bertz CT molecular complexity index is 375. The molecule has 0 radical (unpaired) electrons. The smallest absolute Gasteiger partial charge is 0.374 e. The molecule has 0 aliphatic carbocycles. The quantitative estimate of drug-likeness (QED) is 0.763. The Kier molecular flexibility index (Phi) is 2.66. The third-order valence-electron chi connectivity index (χ3n) is 2.49. The van der Waals surface area contributed by atoms with Crippen LogP contribution in [0.25, 0.3) is 0 Å². The van der Waals surface area contributed by atoms with Gasteiger partial charge in [-0.1, -0.05) is 15.9 Å². The number of rotatable bonds is 0. The highest BCUT2D eigenvalue weighted by Gasteiger charge is 2.41. The Balaban J connectivity index is 2.24. The van der Waals surface area contributed by atoms with Crippen LogP contribution in [0.4, 0.5) is 18.9 Å². The highest BCUT2D eigenvalue weighted by molar-refractivity contribution is 9.10. The number of halogens is 4. The van der Waals surface area contributed by atoms with Crippen LogP contribution in [0, 0.1) is 0 Å². The van der Waals surface area contributed by atoms with Crippen molar-refractivity contribution < 1.29 is 13.2 Å². The zero-order valence-electron chi connectivity index (χ0n) is 7.74. The molecule has 1 heterocycles. The molecule has 82 valence electrons. The maximum atomic E-state index is 12.4. The first-order valence-electron chi connectivity index (χ1n) is 4.58. The molecule has 5 heteroatoms. The molecular weight excluding hydrogens is 271 g/mol. The fourth-order valence-corrected chi connectivity index (χ4v) is 2.12. The van der Waals surface area contributed by atoms with Gasteiger partial charge in [-0.05, 0) is 36.6 Å². The predicted octanol–water partition coefficient (Wildman–Crippen LogP) is 3.74. The molecule has 2 rings (SSSR count). The van der Waals surface area contributed by atoms with Crippen LogP contribution in [0.3, 0.4) is 0 Å². The molecule has 1 aromatic rings. The van der Waals surface area contributed by atoms with Gasteiger partial charge in [-0.25, -0.2) is 0 Å². The minimum absolute atomic E-state index is 0.104. The summed E-state index contributed by atoms with van der Waals surface area (Å²) in [6.07, 6.45) is -3.59. The highest BCUT2D eigenvalue weighted by Crippen LogP contribution is 2.34. The topological polar surface area (TPSA) is 12.0 Å². The lowest BCUT2D eigenvalue weighted by Gasteiger charge is -2.28. The molecule has 0 aromatic heterocycles. The van der Waals surface area contributed by atoms with Crippen molar-refractivity contribution in [3.63, 3.8) is 0 Å². The first-order chi connectivity index (χ1) is 6.97. The van der Waals surface area contributed by atoms with E-state index in [1.807, 2.05) is 6.07 Å². The van der Waals surface area contributed by atoms with E-state index < -0.39 is 12.2 Å². The van der Waals surface area contributed by atoms with Gasteiger partial charge in [0.25, 0.3) is 0 Å². The van der Waals surface area contributed by atoms with Crippen LogP contribution < -0.4 is 5.32 Å². The lowest BCUT2D eigenvalue weighted by Crippen LogP contribution is -2.39. The second-order valence-electron chi connectivity index (χ2n) is 3.58. The Hall–Kier alpha value is -0.710. The van der Waals surface area contributed by atoms with Crippen LogP contribution in [0.15, 0.2) is 22.7 Å². The van der Waals surface area contributed by atoms with E-state index in [1.165, 1.54) is 0 Å². The molecule has 1 nitrogen and oxygen atoms in total. The number of nitrogens with one attached hydrogen (secondary N) is 1. The standard InChI is InChI=1S/C10H9BrF3N/c11-7-2-3-8-6(5-7)1-4-9(15-8)10(12,13)14/h2-3,5,9,15H,1,4H2/t9-/m0/s1. The minimum Gasteiger partial charge on any atom is -0.374 e. The summed E-state index contributed by atoms with van der Waals surface area (Å²) in [4.78, 5) is 0. The average molecular weight is 280 g/mol. The van der Waals surface area contributed by atoms with Gasteiger partial charge in [0, 0.05) is 10.2 Å². The van der Waals surface area contributed by atoms with Gasteiger partial charge in [0.2, 0.25) is 0 Å². The van der Waals surface area contributed by atoms with Crippen molar-refractivity contribution in [1.82, 2.24) is 0 Å². The Morgan fingerprint density at radius 1 is 1.33 bits per heavy atom. The van der Waals surface area contributed by atoms with E-state index in [2.05, 4.69) is 21.2 Å². The van der Waals surface area contributed by atoms with Gasteiger partial charge in [-0.15, -0.1) is 0 Å². The molecule has 0 saturated heterocycles. The molecular formula is C10H9BrF3N. The third-order valence-corrected chi connectivity index (χ3v) is 2.99. The molecule has 1 aliphatic rings. The summed E-state index contributed by atoms with van der Waals surface area (Å²) in [5.41, 5.74) is 1.52. The van der Waals surface area contributed by atoms with Gasteiger partial charge in [0.15, 0.2) is 0 Å². The molecule has 0 amide bonds. The number of hydrogen-bond donors (Lipinski definition) is 1. The van der Waals surface area contributed by atoms with E-state index in [9.17, 15) is 13.2 Å². The minimum atomic E-state index is -4.16. The molecule has 0 unspecified atom stereocenters. The fourth-order valence-electron chi connectivity index (χ4n) is 1.72. The second kappa shape index (κ2) is 3.70. The zero-order valence-corrected chi connectivity index (χ0v) is 9.32. The molecule has 0 fully saturated rings. The van der Waals surface area contributed by atoms with Gasteiger partial charge < -0.3 is 5.32 Å². The highest BCUT2D eigenvalue weighted by atomic mass is 79.9. The maximum Gasteiger partial charge on any atom is 0.408 e. The van der Waals surface area contributed by atoms with Crippen molar-refractivity contribution in [3.8, 4) is 0 Å². The lowest BCUT2D eigenvalue weighted by molar-refractivity contribution is -0.144. The summed E-state index contributed by atoms with van der Waals surface area (Å²) in [6, 6.07) is 3.86. The van der Waals surface area contributed by atoms with E-state index >= 15 is 0 Å². The Labute approximate surface area is 93.8 Å². The fraction of sp³-hybridized carbons (Fsp3) is 0.400.